The summed E-state index contributed by atoms with van der Waals surface area (Å²) < 4.78 is 42.8. The Hall–Kier alpha value is -2.52. The van der Waals surface area contributed by atoms with Crippen LogP contribution in [0, 0.1) is 17.5 Å². The van der Waals surface area contributed by atoms with E-state index in [1.54, 1.807) is 0 Å². The molecule has 1 aromatic heterocycles. The molecule has 1 heterocycles. The number of anilines is 2. The number of amides is 1. The highest BCUT2D eigenvalue weighted by Gasteiger charge is 2.26. The summed E-state index contributed by atoms with van der Waals surface area (Å²) in [4.78, 5) is 20.4. The van der Waals surface area contributed by atoms with Crippen LogP contribution in [0.4, 0.5) is 24.5 Å². The zero-order valence-corrected chi connectivity index (χ0v) is 18.5. The Kier molecular flexibility index (Phi) is 11.2. The second kappa shape index (κ2) is 12.2. The average molecular weight is 449 g/mol. The molecule has 0 radical (unpaired) electrons. The van der Waals surface area contributed by atoms with Crippen LogP contribution in [0.25, 0.3) is 0 Å². The van der Waals surface area contributed by atoms with Crippen LogP contribution in [0.3, 0.4) is 0 Å². The molecule has 0 spiro atoms. The van der Waals surface area contributed by atoms with E-state index in [2.05, 4.69) is 16.4 Å². The van der Waals surface area contributed by atoms with Crippen LogP contribution in [0.2, 0.25) is 5.02 Å². The lowest BCUT2D eigenvalue weighted by molar-refractivity contribution is -0.0980. The number of aromatic nitrogens is 1. The lowest BCUT2D eigenvalue weighted by Gasteiger charge is -2.28. The van der Waals surface area contributed by atoms with Gasteiger partial charge in [-0.25, -0.2) is 13.2 Å². The number of hydrogen-bond acceptors (Lipinski definition) is 4. The molecule has 0 aliphatic rings. The Morgan fingerprint density at radius 3 is 2.17 bits per heavy atom. The number of nitrogens with one attached hydrogen (secondary N) is 2. The third-order valence-electron chi connectivity index (χ3n) is 4.57. The van der Waals surface area contributed by atoms with Crippen LogP contribution in [-0.2, 0) is 11.8 Å². The van der Waals surface area contributed by atoms with Crippen LogP contribution >= 0.6 is 11.6 Å². The Labute approximate surface area is 179 Å². The molecule has 2 aromatic rings. The Morgan fingerprint density at radius 1 is 1.17 bits per heavy atom. The number of carbonyl (C=O) groups excluding carboxylic acids is 2. The van der Waals surface area contributed by atoms with Gasteiger partial charge in [-0.1, -0.05) is 25.4 Å². The summed E-state index contributed by atoms with van der Waals surface area (Å²) >= 11 is 5.56. The number of halogens is 4. The van der Waals surface area contributed by atoms with Crippen LogP contribution in [-0.4, -0.2) is 29.8 Å². The molecule has 0 fully saturated rings. The molecule has 6 nitrogen and oxygen atoms in total. The number of benzene rings is 1. The molecule has 1 amide bonds. The van der Waals surface area contributed by atoms with Gasteiger partial charge in [0.15, 0.2) is 17.5 Å². The normalized spacial score (nSPS) is 10.3. The molecule has 0 saturated heterocycles. The van der Waals surface area contributed by atoms with Gasteiger partial charge in [-0.3, -0.25) is 4.79 Å². The van der Waals surface area contributed by atoms with Gasteiger partial charge in [0, 0.05) is 30.5 Å². The van der Waals surface area contributed by atoms with Gasteiger partial charge < -0.3 is 25.7 Å². The van der Waals surface area contributed by atoms with E-state index in [1.165, 1.54) is 24.9 Å². The van der Waals surface area contributed by atoms with Gasteiger partial charge in [0.25, 0.3) is 5.91 Å². The lowest BCUT2D eigenvalue weighted by Crippen LogP contribution is -2.33. The average Bonchev–Trinajstić information content (AvgIpc) is 3.01. The van der Waals surface area contributed by atoms with Gasteiger partial charge in [0.05, 0.1) is 10.7 Å². The van der Waals surface area contributed by atoms with Gasteiger partial charge in [0.1, 0.15) is 12.5 Å². The first kappa shape index (κ1) is 27.5. The summed E-state index contributed by atoms with van der Waals surface area (Å²) in [5, 5.41) is 4.98. The number of rotatable bonds is 6. The molecule has 10 heteroatoms. The molecule has 0 aliphatic heterocycles. The minimum absolute atomic E-state index is 0.0686. The fourth-order valence-corrected chi connectivity index (χ4v) is 2.72. The second-order valence-electron chi connectivity index (χ2n) is 6.42. The van der Waals surface area contributed by atoms with E-state index in [-0.39, 0.29) is 22.6 Å². The molecular formula is C20H28ClF3N4O2. The van der Waals surface area contributed by atoms with Gasteiger partial charge in [-0.15, -0.1) is 0 Å². The summed E-state index contributed by atoms with van der Waals surface area (Å²) in [5.41, 5.74) is 4.08. The summed E-state index contributed by atoms with van der Waals surface area (Å²) in [5.74, 6) is -3.93. The van der Waals surface area contributed by atoms with E-state index in [0.717, 1.165) is 25.0 Å². The molecule has 2 rings (SSSR count). The van der Waals surface area contributed by atoms with E-state index in [4.69, 9.17) is 16.4 Å². The standard InChI is InChI=1S/C18H21ClF3N3O.CH5N.CH2O/c1-5-18(3,6-2)24-13-9-25(4)16(15(13)22)17(26)23-10-7-11(19)14(21)12(20)8-10;2*1-2/h7-9,24H,5-6H2,1-4H3,(H,23,26);2H2,1H3;1H2. The predicted octanol–water partition coefficient (Wildman–Crippen LogP) is 4.73. The van der Waals surface area contributed by atoms with Crippen molar-refractivity contribution in [2.45, 2.75) is 39.2 Å². The minimum atomic E-state index is -1.21. The third kappa shape index (κ3) is 6.50. The number of aryl methyl sites for hydroxylation is 1. The van der Waals surface area contributed by atoms with Crippen molar-refractivity contribution < 1.29 is 22.8 Å². The number of carbonyl (C=O) groups is 2. The molecule has 4 N–H and O–H groups in total. The van der Waals surface area contributed by atoms with Crippen molar-refractivity contribution in [3.63, 3.8) is 0 Å². The minimum Gasteiger partial charge on any atom is -0.376 e. The summed E-state index contributed by atoms with van der Waals surface area (Å²) in [7, 11) is 3.02. The van der Waals surface area contributed by atoms with Crippen molar-refractivity contribution in [1.29, 1.82) is 0 Å². The number of hydrogen-bond donors (Lipinski definition) is 3. The Balaban J connectivity index is 0.00000198. The van der Waals surface area contributed by atoms with E-state index >= 15 is 0 Å². The summed E-state index contributed by atoms with van der Waals surface area (Å²) in [6.07, 6.45) is 3.02. The predicted molar refractivity (Wildman–Crippen MR) is 115 cm³/mol. The summed E-state index contributed by atoms with van der Waals surface area (Å²) in [6, 6.07) is 1.84. The van der Waals surface area contributed by atoms with Gasteiger partial charge in [0.2, 0.25) is 0 Å². The maximum Gasteiger partial charge on any atom is 0.275 e. The molecule has 1 aromatic carbocycles. The Morgan fingerprint density at radius 2 is 1.70 bits per heavy atom. The first-order valence-electron chi connectivity index (χ1n) is 9.07. The van der Waals surface area contributed by atoms with E-state index in [9.17, 15) is 18.0 Å². The highest BCUT2D eigenvalue weighted by atomic mass is 35.5. The first-order chi connectivity index (χ1) is 14.1. The molecule has 0 saturated carbocycles. The van der Waals surface area contributed by atoms with Crippen molar-refractivity contribution in [1.82, 2.24) is 4.57 Å². The largest absolute Gasteiger partial charge is 0.376 e. The quantitative estimate of drug-likeness (QED) is 0.557. The monoisotopic (exact) mass is 448 g/mol. The van der Waals surface area contributed by atoms with Crippen LogP contribution in [0.5, 0.6) is 0 Å². The SMILES string of the molecule is C=O.CCC(C)(CC)Nc1cn(C)c(C(=O)Nc2cc(F)c(F)c(Cl)c2)c1F.CN. The van der Waals surface area contributed by atoms with Crippen LogP contribution < -0.4 is 16.4 Å². The Bertz CT molecular complexity index is 832. The first-order valence-corrected chi connectivity index (χ1v) is 9.45. The third-order valence-corrected chi connectivity index (χ3v) is 4.85. The van der Waals surface area contributed by atoms with Crippen molar-refractivity contribution in [2.75, 3.05) is 17.7 Å². The van der Waals surface area contributed by atoms with Crippen LogP contribution in [0.15, 0.2) is 18.3 Å². The molecule has 30 heavy (non-hydrogen) atoms. The zero-order valence-electron chi connectivity index (χ0n) is 17.7. The highest BCUT2D eigenvalue weighted by Crippen LogP contribution is 2.28. The molecular weight excluding hydrogens is 421 g/mol. The zero-order chi connectivity index (χ0) is 23.6. The van der Waals surface area contributed by atoms with Crippen LogP contribution in [0.1, 0.15) is 44.1 Å². The van der Waals surface area contributed by atoms with Crippen molar-refractivity contribution in [3.05, 3.63) is 46.5 Å². The maximum atomic E-state index is 14.8. The van der Waals surface area contributed by atoms with Gasteiger partial charge in [-0.2, -0.15) is 0 Å². The fourth-order valence-electron chi connectivity index (χ4n) is 2.51. The number of nitrogens with two attached hydrogens (primary N) is 1. The molecule has 0 bridgehead atoms. The van der Waals surface area contributed by atoms with Gasteiger partial charge in [-0.05, 0) is 32.9 Å². The van der Waals surface area contributed by atoms with Gasteiger partial charge >= 0.3 is 0 Å². The topological polar surface area (TPSA) is 89.2 Å². The van der Waals surface area contributed by atoms with Crippen molar-refractivity contribution in [2.24, 2.45) is 12.8 Å². The molecule has 0 atom stereocenters. The lowest BCUT2D eigenvalue weighted by atomic mass is 9.95. The van der Waals surface area contributed by atoms with E-state index in [1.807, 2.05) is 27.6 Å². The van der Waals surface area contributed by atoms with E-state index in [0.29, 0.717) is 0 Å². The van der Waals surface area contributed by atoms with Crippen molar-refractivity contribution >= 4 is 35.7 Å². The highest BCUT2D eigenvalue weighted by molar-refractivity contribution is 6.31. The van der Waals surface area contributed by atoms with Crippen molar-refractivity contribution in [3.8, 4) is 0 Å². The smallest absolute Gasteiger partial charge is 0.275 e. The fraction of sp³-hybridized carbons (Fsp3) is 0.400. The molecule has 168 valence electrons. The summed E-state index contributed by atoms with van der Waals surface area (Å²) in [6.45, 7) is 7.93. The second-order valence-corrected chi connectivity index (χ2v) is 6.82. The maximum absolute atomic E-state index is 14.8. The number of nitrogens with zero attached hydrogens (tertiary/aromatic N) is 1. The molecule has 0 unspecified atom stereocenters. The van der Waals surface area contributed by atoms with E-state index < -0.39 is 28.4 Å². The molecule has 0 aliphatic carbocycles.